The van der Waals surface area contributed by atoms with Crippen LogP contribution < -0.4 is 10.1 Å². The van der Waals surface area contributed by atoms with E-state index in [0.29, 0.717) is 12.1 Å². The zero-order valence-corrected chi connectivity index (χ0v) is 13.1. The number of amides is 1. The van der Waals surface area contributed by atoms with Crippen LogP contribution in [-0.4, -0.2) is 23.1 Å². The first kappa shape index (κ1) is 16.5. The number of aromatic carboxylic acids is 1. The summed E-state index contributed by atoms with van der Waals surface area (Å²) >= 11 is 0. The van der Waals surface area contributed by atoms with Crippen LogP contribution in [0.5, 0.6) is 5.75 Å². The molecule has 5 nitrogen and oxygen atoms in total. The fraction of sp³-hybridized carbons (Fsp3) is 0.222. The number of nitrogens with one attached hydrogen (secondary N) is 1. The third-order valence-electron chi connectivity index (χ3n) is 3.14. The predicted molar refractivity (Wildman–Crippen MR) is 86.8 cm³/mol. The van der Waals surface area contributed by atoms with E-state index in [1.54, 1.807) is 36.4 Å². The van der Waals surface area contributed by atoms with Crippen molar-refractivity contribution in [2.45, 2.75) is 26.5 Å². The molecule has 2 aromatic rings. The van der Waals surface area contributed by atoms with E-state index in [1.165, 1.54) is 12.1 Å². The minimum absolute atomic E-state index is 0.0865. The van der Waals surface area contributed by atoms with Gasteiger partial charge in [0, 0.05) is 12.1 Å². The first-order valence-corrected chi connectivity index (χ1v) is 7.33. The number of carbonyl (C=O) groups is 2. The van der Waals surface area contributed by atoms with Crippen LogP contribution in [0, 0.1) is 0 Å². The molecule has 0 aliphatic heterocycles. The van der Waals surface area contributed by atoms with Gasteiger partial charge in [-0.05, 0) is 55.8 Å². The van der Waals surface area contributed by atoms with Gasteiger partial charge in [-0.3, -0.25) is 4.79 Å². The molecule has 120 valence electrons. The van der Waals surface area contributed by atoms with Crippen LogP contribution in [0.1, 0.15) is 40.1 Å². The monoisotopic (exact) mass is 313 g/mol. The van der Waals surface area contributed by atoms with Gasteiger partial charge in [0.15, 0.2) is 0 Å². The van der Waals surface area contributed by atoms with Gasteiger partial charge < -0.3 is 15.2 Å². The van der Waals surface area contributed by atoms with Gasteiger partial charge in [0.05, 0.1) is 11.7 Å². The number of rotatable bonds is 6. The topological polar surface area (TPSA) is 75.6 Å². The number of carbonyl (C=O) groups excluding carboxylic acids is 1. The van der Waals surface area contributed by atoms with Crippen molar-refractivity contribution in [2.75, 3.05) is 0 Å². The van der Waals surface area contributed by atoms with E-state index in [-0.39, 0.29) is 17.6 Å². The summed E-state index contributed by atoms with van der Waals surface area (Å²) in [5.41, 5.74) is 1.60. The third kappa shape index (κ3) is 4.85. The number of carboxylic acid groups (broad SMARTS) is 1. The van der Waals surface area contributed by atoms with E-state index < -0.39 is 5.97 Å². The normalized spacial score (nSPS) is 10.4. The highest BCUT2D eigenvalue weighted by Gasteiger charge is 2.07. The third-order valence-corrected chi connectivity index (χ3v) is 3.14. The minimum Gasteiger partial charge on any atom is -0.491 e. The Morgan fingerprint density at radius 2 is 1.57 bits per heavy atom. The molecular formula is C18H19NO4. The van der Waals surface area contributed by atoms with Crippen LogP contribution in [-0.2, 0) is 6.54 Å². The molecule has 0 aliphatic rings. The molecule has 2 aromatic carbocycles. The van der Waals surface area contributed by atoms with E-state index in [2.05, 4.69) is 5.32 Å². The second kappa shape index (κ2) is 7.45. The van der Waals surface area contributed by atoms with Crippen molar-refractivity contribution >= 4 is 11.9 Å². The van der Waals surface area contributed by atoms with Crippen LogP contribution >= 0.6 is 0 Å². The van der Waals surface area contributed by atoms with Gasteiger partial charge in [0.25, 0.3) is 5.91 Å². The number of carboxylic acids is 1. The highest BCUT2D eigenvalue weighted by Crippen LogP contribution is 2.14. The molecule has 0 saturated heterocycles. The summed E-state index contributed by atoms with van der Waals surface area (Å²) in [6, 6.07) is 13.3. The molecule has 0 saturated carbocycles. The smallest absolute Gasteiger partial charge is 0.335 e. The van der Waals surface area contributed by atoms with E-state index in [0.717, 1.165) is 11.3 Å². The molecule has 0 heterocycles. The second-order valence-corrected chi connectivity index (χ2v) is 5.38. The minimum atomic E-state index is -0.968. The van der Waals surface area contributed by atoms with Crippen LogP contribution in [0.4, 0.5) is 0 Å². The van der Waals surface area contributed by atoms with Crippen LogP contribution in [0.2, 0.25) is 0 Å². The summed E-state index contributed by atoms with van der Waals surface area (Å²) < 4.78 is 5.53. The maximum Gasteiger partial charge on any atom is 0.335 e. The maximum absolute atomic E-state index is 12.1. The first-order chi connectivity index (χ1) is 11.0. The van der Waals surface area contributed by atoms with E-state index >= 15 is 0 Å². The van der Waals surface area contributed by atoms with Crippen LogP contribution in [0.3, 0.4) is 0 Å². The number of hydrogen-bond acceptors (Lipinski definition) is 3. The molecule has 2 rings (SSSR count). The molecule has 1 amide bonds. The molecule has 5 heteroatoms. The highest BCUT2D eigenvalue weighted by molar-refractivity contribution is 5.94. The van der Waals surface area contributed by atoms with E-state index in [9.17, 15) is 9.59 Å². The molecule has 0 spiro atoms. The van der Waals surface area contributed by atoms with E-state index in [1.807, 2.05) is 13.8 Å². The number of benzene rings is 2. The Morgan fingerprint density at radius 1 is 1.00 bits per heavy atom. The molecule has 0 unspecified atom stereocenters. The summed E-state index contributed by atoms with van der Waals surface area (Å²) in [5, 5.41) is 11.6. The second-order valence-electron chi connectivity index (χ2n) is 5.38. The van der Waals surface area contributed by atoms with E-state index in [4.69, 9.17) is 9.84 Å². The Morgan fingerprint density at radius 3 is 2.09 bits per heavy atom. The molecule has 0 atom stereocenters. The number of ether oxygens (including phenoxy) is 1. The Hall–Kier alpha value is -2.82. The molecule has 0 aromatic heterocycles. The van der Waals surface area contributed by atoms with Crippen molar-refractivity contribution < 1.29 is 19.4 Å². The van der Waals surface area contributed by atoms with Gasteiger partial charge in [-0.1, -0.05) is 12.1 Å². The lowest BCUT2D eigenvalue weighted by Gasteiger charge is -2.10. The van der Waals surface area contributed by atoms with Crippen molar-refractivity contribution in [3.8, 4) is 5.75 Å². The average Bonchev–Trinajstić information content (AvgIpc) is 2.53. The van der Waals surface area contributed by atoms with Gasteiger partial charge in [-0.15, -0.1) is 0 Å². The summed E-state index contributed by atoms with van der Waals surface area (Å²) in [6.07, 6.45) is 0.0865. The summed E-state index contributed by atoms with van der Waals surface area (Å²) in [7, 11) is 0. The molecule has 0 radical (unpaired) electrons. The highest BCUT2D eigenvalue weighted by atomic mass is 16.5. The van der Waals surface area contributed by atoms with Crippen molar-refractivity contribution in [3.05, 3.63) is 65.2 Å². The molecule has 0 fully saturated rings. The van der Waals surface area contributed by atoms with Gasteiger partial charge in [-0.2, -0.15) is 0 Å². The van der Waals surface area contributed by atoms with Crippen LogP contribution in [0.25, 0.3) is 0 Å². The van der Waals surface area contributed by atoms with Gasteiger partial charge in [0.1, 0.15) is 5.75 Å². The fourth-order valence-electron chi connectivity index (χ4n) is 2.01. The molecule has 0 bridgehead atoms. The summed E-state index contributed by atoms with van der Waals surface area (Å²) in [6.45, 7) is 4.22. The van der Waals surface area contributed by atoms with Crippen molar-refractivity contribution in [2.24, 2.45) is 0 Å². The first-order valence-electron chi connectivity index (χ1n) is 7.33. The lowest BCUT2D eigenvalue weighted by molar-refractivity contribution is 0.0696. The average molecular weight is 313 g/mol. The Labute approximate surface area is 134 Å². The van der Waals surface area contributed by atoms with Crippen molar-refractivity contribution in [1.82, 2.24) is 5.32 Å². The van der Waals surface area contributed by atoms with Crippen LogP contribution in [0.15, 0.2) is 48.5 Å². The maximum atomic E-state index is 12.1. The lowest BCUT2D eigenvalue weighted by Crippen LogP contribution is -2.22. The number of hydrogen-bond donors (Lipinski definition) is 2. The largest absolute Gasteiger partial charge is 0.491 e. The molecule has 23 heavy (non-hydrogen) atoms. The molecule has 0 aliphatic carbocycles. The lowest BCUT2D eigenvalue weighted by atomic mass is 10.1. The summed E-state index contributed by atoms with van der Waals surface area (Å²) in [5.74, 6) is -0.437. The summed E-state index contributed by atoms with van der Waals surface area (Å²) in [4.78, 5) is 22.9. The molecular weight excluding hydrogens is 294 g/mol. The van der Waals surface area contributed by atoms with Gasteiger partial charge in [-0.25, -0.2) is 4.79 Å². The Kier molecular flexibility index (Phi) is 5.36. The zero-order valence-electron chi connectivity index (χ0n) is 13.1. The standard InChI is InChI=1S/C18H19NO4/c1-12(2)23-16-9-7-14(8-10-16)17(20)19-11-13-3-5-15(6-4-13)18(21)22/h3-10,12H,11H2,1-2H3,(H,19,20)(H,21,22). The van der Waals surface area contributed by atoms with Gasteiger partial charge >= 0.3 is 5.97 Å². The zero-order chi connectivity index (χ0) is 16.8. The van der Waals surface area contributed by atoms with Crippen molar-refractivity contribution in [3.63, 3.8) is 0 Å². The van der Waals surface area contributed by atoms with Crippen molar-refractivity contribution in [1.29, 1.82) is 0 Å². The molecule has 2 N–H and O–H groups in total. The predicted octanol–water partition coefficient (Wildman–Crippen LogP) is 3.10. The Balaban J connectivity index is 1.92. The SMILES string of the molecule is CC(C)Oc1ccc(C(=O)NCc2ccc(C(=O)O)cc2)cc1. The Bertz CT molecular complexity index is 675. The fourth-order valence-corrected chi connectivity index (χ4v) is 2.01. The quantitative estimate of drug-likeness (QED) is 0.859. The van der Waals surface area contributed by atoms with Gasteiger partial charge in [0.2, 0.25) is 0 Å².